The number of nitrogens with one attached hydrogen (secondary N) is 1. The highest BCUT2D eigenvalue weighted by atomic mass is 16.4. The largest absolute Gasteiger partial charge is 0.475 e. The highest BCUT2D eigenvalue weighted by Crippen LogP contribution is 2.25. The summed E-state index contributed by atoms with van der Waals surface area (Å²) in [6, 6.07) is 7.34. The number of furan rings is 1. The summed E-state index contributed by atoms with van der Waals surface area (Å²) in [5.41, 5.74) is 1.30. The minimum atomic E-state index is -1.04. The Balaban J connectivity index is 2.30. The molecule has 0 spiro atoms. The minimum Gasteiger partial charge on any atom is -0.475 e. The zero-order valence-electron chi connectivity index (χ0n) is 9.98. The number of rotatable bonds is 6. The van der Waals surface area contributed by atoms with Crippen LogP contribution in [-0.2, 0) is 6.54 Å². The van der Waals surface area contributed by atoms with E-state index < -0.39 is 5.97 Å². The lowest BCUT2D eigenvalue weighted by Gasteiger charge is -2.02. The van der Waals surface area contributed by atoms with E-state index in [0.717, 1.165) is 18.4 Å². The smallest absolute Gasteiger partial charge is 0.372 e. The summed E-state index contributed by atoms with van der Waals surface area (Å²) in [4.78, 5) is 11.1. The van der Waals surface area contributed by atoms with Gasteiger partial charge in [-0.15, -0.1) is 6.58 Å². The summed E-state index contributed by atoms with van der Waals surface area (Å²) in [5, 5.41) is 13.2. The number of carboxylic acids is 1. The summed E-state index contributed by atoms with van der Waals surface area (Å²) in [7, 11) is 0. The Morgan fingerprint density at radius 3 is 2.94 bits per heavy atom. The fourth-order valence-corrected chi connectivity index (χ4v) is 1.86. The number of fused-ring (bicyclic) bond motifs is 1. The molecule has 0 saturated heterocycles. The van der Waals surface area contributed by atoms with Crippen molar-refractivity contribution >= 4 is 16.9 Å². The average molecular weight is 245 g/mol. The van der Waals surface area contributed by atoms with Crippen molar-refractivity contribution in [3.05, 3.63) is 48.2 Å². The third kappa shape index (κ3) is 2.43. The lowest BCUT2D eigenvalue weighted by molar-refractivity contribution is 0.0663. The number of aromatic carboxylic acids is 1. The van der Waals surface area contributed by atoms with Crippen molar-refractivity contribution in [1.29, 1.82) is 0 Å². The van der Waals surface area contributed by atoms with Gasteiger partial charge < -0.3 is 14.8 Å². The molecule has 0 bridgehead atoms. The molecule has 0 unspecified atom stereocenters. The quantitative estimate of drug-likeness (QED) is 0.606. The average Bonchev–Trinajstić information content (AvgIpc) is 2.74. The molecule has 4 heteroatoms. The second-order valence-electron chi connectivity index (χ2n) is 3.97. The zero-order valence-corrected chi connectivity index (χ0v) is 9.98. The van der Waals surface area contributed by atoms with Gasteiger partial charge in [-0.25, -0.2) is 4.79 Å². The van der Waals surface area contributed by atoms with Gasteiger partial charge in [-0.1, -0.05) is 24.3 Å². The molecule has 2 rings (SSSR count). The molecular weight excluding hydrogens is 230 g/mol. The van der Waals surface area contributed by atoms with E-state index in [-0.39, 0.29) is 5.76 Å². The van der Waals surface area contributed by atoms with Crippen LogP contribution in [0.2, 0.25) is 0 Å². The van der Waals surface area contributed by atoms with Crippen LogP contribution < -0.4 is 5.32 Å². The van der Waals surface area contributed by atoms with Crippen LogP contribution in [0.3, 0.4) is 0 Å². The van der Waals surface area contributed by atoms with E-state index >= 15 is 0 Å². The molecule has 0 amide bonds. The van der Waals surface area contributed by atoms with E-state index in [4.69, 9.17) is 9.52 Å². The second-order valence-corrected chi connectivity index (χ2v) is 3.97. The molecule has 1 heterocycles. The van der Waals surface area contributed by atoms with Crippen LogP contribution in [0.25, 0.3) is 11.0 Å². The first-order chi connectivity index (χ1) is 8.74. The molecule has 1 aromatic heterocycles. The van der Waals surface area contributed by atoms with Gasteiger partial charge >= 0.3 is 5.97 Å². The molecule has 2 aromatic rings. The van der Waals surface area contributed by atoms with E-state index in [9.17, 15) is 4.79 Å². The highest BCUT2D eigenvalue weighted by molar-refractivity contribution is 5.95. The Kier molecular flexibility index (Phi) is 3.79. The second kappa shape index (κ2) is 5.51. The fraction of sp³-hybridized carbons (Fsp3) is 0.214. The molecule has 0 aliphatic rings. The number of benzene rings is 1. The summed E-state index contributed by atoms with van der Waals surface area (Å²) in [5.74, 6) is -1.02. The third-order valence-electron chi connectivity index (χ3n) is 2.72. The zero-order chi connectivity index (χ0) is 13.0. The van der Waals surface area contributed by atoms with Crippen molar-refractivity contribution in [2.24, 2.45) is 0 Å². The van der Waals surface area contributed by atoms with Crippen LogP contribution in [0, 0.1) is 0 Å². The Bertz CT molecular complexity index is 571. The van der Waals surface area contributed by atoms with E-state index in [1.807, 2.05) is 24.3 Å². The number of hydrogen-bond acceptors (Lipinski definition) is 3. The lowest BCUT2D eigenvalue weighted by Crippen LogP contribution is -2.15. The van der Waals surface area contributed by atoms with Gasteiger partial charge in [0.2, 0.25) is 5.76 Å². The molecule has 1 aromatic carbocycles. The molecular formula is C14H15NO3. The first kappa shape index (κ1) is 12.4. The maximum atomic E-state index is 11.1. The molecule has 0 atom stereocenters. The SMILES string of the molecule is C=CCCNCc1c(C(=O)O)oc2ccccc12. The lowest BCUT2D eigenvalue weighted by atomic mass is 10.1. The Hall–Kier alpha value is -2.07. The van der Waals surface area contributed by atoms with Crippen molar-refractivity contribution in [3.63, 3.8) is 0 Å². The predicted octanol–water partition coefficient (Wildman–Crippen LogP) is 2.80. The van der Waals surface area contributed by atoms with Gasteiger partial charge in [-0.3, -0.25) is 0 Å². The predicted molar refractivity (Wildman–Crippen MR) is 69.7 cm³/mol. The Labute approximate surface area is 105 Å². The van der Waals surface area contributed by atoms with Crippen LogP contribution in [0.4, 0.5) is 0 Å². The minimum absolute atomic E-state index is 0.0160. The van der Waals surface area contributed by atoms with E-state index in [0.29, 0.717) is 17.7 Å². The number of para-hydroxylation sites is 1. The van der Waals surface area contributed by atoms with Crippen LogP contribution >= 0.6 is 0 Å². The first-order valence-electron chi connectivity index (χ1n) is 5.79. The molecule has 18 heavy (non-hydrogen) atoms. The van der Waals surface area contributed by atoms with E-state index in [2.05, 4.69) is 11.9 Å². The normalized spacial score (nSPS) is 10.7. The number of carboxylic acid groups (broad SMARTS) is 1. The van der Waals surface area contributed by atoms with Crippen LogP contribution in [0.1, 0.15) is 22.5 Å². The molecule has 0 aliphatic heterocycles. The van der Waals surface area contributed by atoms with Gasteiger partial charge in [0.1, 0.15) is 5.58 Å². The van der Waals surface area contributed by atoms with E-state index in [1.165, 1.54) is 0 Å². The molecule has 94 valence electrons. The molecule has 0 saturated carbocycles. The van der Waals surface area contributed by atoms with Crippen LogP contribution in [0.15, 0.2) is 41.3 Å². The van der Waals surface area contributed by atoms with Crippen molar-refractivity contribution in [3.8, 4) is 0 Å². The van der Waals surface area contributed by atoms with Crippen molar-refractivity contribution in [1.82, 2.24) is 5.32 Å². The summed E-state index contributed by atoms with van der Waals surface area (Å²) >= 11 is 0. The summed E-state index contributed by atoms with van der Waals surface area (Å²) in [6.45, 7) is 4.88. The number of carbonyl (C=O) groups is 1. The van der Waals surface area contributed by atoms with Crippen molar-refractivity contribution < 1.29 is 14.3 Å². The van der Waals surface area contributed by atoms with Gasteiger partial charge in [0, 0.05) is 17.5 Å². The first-order valence-corrected chi connectivity index (χ1v) is 5.79. The summed E-state index contributed by atoms with van der Waals surface area (Å²) < 4.78 is 5.36. The maximum Gasteiger partial charge on any atom is 0.372 e. The van der Waals surface area contributed by atoms with E-state index in [1.54, 1.807) is 6.07 Å². The van der Waals surface area contributed by atoms with Gasteiger partial charge in [0.05, 0.1) is 0 Å². The summed E-state index contributed by atoms with van der Waals surface area (Å²) in [6.07, 6.45) is 2.66. The Morgan fingerprint density at radius 2 is 2.22 bits per heavy atom. The highest BCUT2D eigenvalue weighted by Gasteiger charge is 2.18. The van der Waals surface area contributed by atoms with Gasteiger partial charge in [0.25, 0.3) is 0 Å². The molecule has 0 radical (unpaired) electrons. The third-order valence-corrected chi connectivity index (χ3v) is 2.72. The van der Waals surface area contributed by atoms with Crippen LogP contribution in [-0.4, -0.2) is 17.6 Å². The Morgan fingerprint density at radius 1 is 1.44 bits per heavy atom. The molecule has 4 nitrogen and oxygen atoms in total. The van der Waals surface area contributed by atoms with Gasteiger partial charge in [-0.05, 0) is 19.0 Å². The van der Waals surface area contributed by atoms with Crippen molar-refractivity contribution in [2.45, 2.75) is 13.0 Å². The van der Waals surface area contributed by atoms with Crippen molar-refractivity contribution in [2.75, 3.05) is 6.54 Å². The molecule has 2 N–H and O–H groups in total. The molecule has 0 fully saturated rings. The van der Waals surface area contributed by atoms with Crippen LogP contribution in [0.5, 0.6) is 0 Å². The maximum absolute atomic E-state index is 11.1. The monoisotopic (exact) mass is 245 g/mol. The van der Waals surface area contributed by atoms with Gasteiger partial charge in [0.15, 0.2) is 0 Å². The fourth-order valence-electron chi connectivity index (χ4n) is 1.86. The topological polar surface area (TPSA) is 62.5 Å². The number of hydrogen-bond donors (Lipinski definition) is 2. The standard InChI is InChI=1S/C14H15NO3/c1-2-3-8-15-9-11-10-6-4-5-7-12(10)18-13(11)14(16)17/h2,4-7,15H,1,3,8-9H2,(H,16,17). The van der Waals surface area contributed by atoms with Gasteiger partial charge in [-0.2, -0.15) is 0 Å². The molecule has 0 aliphatic carbocycles.